The predicted molar refractivity (Wildman–Crippen MR) is 210 cm³/mol. The Morgan fingerprint density at radius 3 is 1.85 bits per heavy atom. The van der Waals surface area contributed by atoms with E-state index in [0.717, 1.165) is 17.8 Å². The number of allylic oxidation sites excluding steroid dienone is 2. The molecule has 2 unspecified atom stereocenters. The molecule has 2 atom stereocenters. The number of rotatable bonds is 30. The molecule has 0 aliphatic rings. The summed E-state index contributed by atoms with van der Waals surface area (Å²) >= 11 is 0. The van der Waals surface area contributed by atoms with Crippen molar-refractivity contribution in [3.05, 3.63) is 72.2 Å². The lowest BCUT2D eigenvalue weighted by Crippen LogP contribution is -2.06. The number of hydrogen-bond donors (Lipinski definition) is 1. The first-order valence-corrected chi connectivity index (χ1v) is 20.4. The summed E-state index contributed by atoms with van der Waals surface area (Å²) in [5.41, 5.74) is 3.82. The van der Waals surface area contributed by atoms with E-state index in [1.165, 1.54) is 165 Å². The van der Waals surface area contributed by atoms with Crippen molar-refractivity contribution in [3.8, 4) is 0 Å². The number of benzene rings is 1. The largest absolute Gasteiger partial charge is 0.371 e. The van der Waals surface area contributed by atoms with Crippen LogP contribution in [0.4, 0.5) is 5.82 Å². The zero-order valence-corrected chi connectivity index (χ0v) is 31.4. The first kappa shape index (κ1) is 39.8. The van der Waals surface area contributed by atoms with Gasteiger partial charge in [-0.3, -0.25) is 0 Å². The van der Waals surface area contributed by atoms with Crippen molar-refractivity contribution in [2.75, 3.05) is 12.4 Å². The van der Waals surface area contributed by atoms with Gasteiger partial charge < -0.3 is 5.32 Å². The maximum atomic E-state index is 4.54. The lowest BCUT2D eigenvalue weighted by atomic mass is 9.90. The Hall–Kier alpha value is -2.62. The molecule has 0 aliphatic heterocycles. The van der Waals surface area contributed by atoms with Crippen LogP contribution in [0.1, 0.15) is 173 Å². The van der Waals surface area contributed by atoms with Crippen LogP contribution in [-0.2, 0) is 12.8 Å². The van der Waals surface area contributed by atoms with Gasteiger partial charge in [0.15, 0.2) is 5.82 Å². The minimum Gasteiger partial charge on any atom is -0.371 e. The van der Waals surface area contributed by atoms with Gasteiger partial charge in [-0.05, 0) is 61.6 Å². The van der Waals surface area contributed by atoms with Crippen molar-refractivity contribution in [2.45, 2.75) is 174 Å². The van der Waals surface area contributed by atoms with Crippen LogP contribution in [0.2, 0.25) is 0 Å². The van der Waals surface area contributed by atoms with Gasteiger partial charge in [0.25, 0.3) is 0 Å². The smallest absolute Gasteiger partial charge is 0.153 e. The van der Waals surface area contributed by atoms with Gasteiger partial charge in [0, 0.05) is 12.7 Å². The highest BCUT2D eigenvalue weighted by Gasteiger charge is 2.12. The van der Waals surface area contributed by atoms with Gasteiger partial charge in [-0.1, -0.05) is 185 Å². The Morgan fingerprint density at radius 2 is 1.27 bits per heavy atom. The summed E-state index contributed by atoms with van der Waals surface area (Å²) in [6.45, 7) is 4.63. The maximum absolute atomic E-state index is 4.54. The molecule has 0 fully saturated rings. The van der Waals surface area contributed by atoms with Crippen LogP contribution in [0.3, 0.4) is 0 Å². The van der Waals surface area contributed by atoms with Gasteiger partial charge in [-0.2, -0.15) is 5.10 Å². The molecule has 0 bridgehead atoms. The van der Waals surface area contributed by atoms with E-state index in [4.69, 9.17) is 0 Å². The third kappa shape index (κ3) is 16.7. The molecule has 4 heteroatoms. The Labute approximate surface area is 296 Å². The molecule has 0 saturated carbocycles. The number of nitrogens with one attached hydrogen (secondary N) is 1. The van der Waals surface area contributed by atoms with Gasteiger partial charge in [0.1, 0.15) is 11.8 Å². The molecule has 48 heavy (non-hydrogen) atoms. The maximum Gasteiger partial charge on any atom is 0.153 e. The Bertz CT molecular complexity index is 1200. The molecule has 0 saturated heterocycles. The molecule has 2 aromatic heterocycles. The number of fused-ring (bicyclic) bond motifs is 1. The summed E-state index contributed by atoms with van der Waals surface area (Å²) in [6.07, 6.45) is 41.1. The molecule has 0 aliphatic carbocycles. The molecule has 0 radical (unpaired) electrons. The molecule has 0 spiro atoms. The van der Waals surface area contributed by atoms with E-state index in [9.17, 15) is 0 Å². The minimum atomic E-state index is 0.641. The fourth-order valence-electron chi connectivity index (χ4n) is 7.46. The van der Waals surface area contributed by atoms with Crippen LogP contribution in [0, 0.1) is 11.8 Å². The van der Waals surface area contributed by atoms with Crippen LogP contribution >= 0.6 is 0 Å². The first-order valence-electron chi connectivity index (χ1n) is 20.4. The van der Waals surface area contributed by atoms with Crippen molar-refractivity contribution in [1.82, 2.24) is 14.6 Å². The van der Waals surface area contributed by atoms with Crippen LogP contribution in [0.5, 0.6) is 0 Å². The topological polar surface area (TPSA) is 42.2 Å². The summed E-state index contributed by atoms with van der Waals surface area (Å²) in [5.74, 6) is 2.25. The van der Waals surface area contributed by atoms with Gasteiger partial charge in [-0.15, -0.1) is 0 Å². The summed E-state index contributed by atoms with van der Waals surface area (Å²) in [4.78, 5) is 4.37. The predicted octanol–water partition coefficient (Wildman–Crippen LogP) is 13.4. The van der Waals surface area contributed by atoms with Crippen molar-refractivity contribution < 1.29 is 0 Å². The van der Waals surface area contributed by atoms with Crippen molar-refractivity contribution in [2.24, 2.45) is 11.8 Å². The average molecular weight is 657 g/mol. The molecular weight excluding hydrogens is 585 g/mol. The van der Waals surface area contributed by atoms with Crippen LogP contribution < -0.4 is 5.32 Å². The van der Waals surface area contributed by atoms with E-state index in [-0.39, 0.29) is 0 Å². The monoisotopic (exact) mass is 657 g/mol. The van der Waals surface area contributed by atoms with Crippen molar-refractivity contribution >= 4 is 11.3 Å². The molecule has 4 nitrogen and oxygen atoms in total. The standard InChI is InChI=1S/C44H72N4/c1-4-6-7-8-9-10-11-12-13-14-15-16-17-18-19-20-21-23-28-41(37-40-29-24-22-25-30-40)32-26-31-39(27-5-2)33-34-42-35-36-43-44(45-3)46-38-47-48(42)43/h22,24-26,29-30,32,35-36,38-39,41H,4-21,23,27-28,31,33-34,37H2,1-3H3,(H,45,46,47)/b32-26-. The molecule has 3 rings (SSSR count). The number of aromatic nitrogens is 3. The highest BCUT2D eigenvalue weighted by molar-refractivity contribution is 5.67. The second-order valence-corrected chi connectivity index (χ2v) is 14.6. The number of anilines is 1. The quantitative estimate of drug-likeness (QED) is 0.0573. The fourth-order valence-corrected chi connectivity index (χ4v) is 7.46. The molecule has 268 valence electrons. The van der Waals surface area contributed by atoms with E-state index >= 15 is 0 Å². The summed E-state index contributed by atoms with van der Waals surface area (Å²) in [7, 11) is 1.92. The molecular formula is C44H72N4. The van der Waals surface area contributed by atoms with Gasteiger partial charge in [0.2, 0.25) is 0 Å². The highest BCUT2D eigenvalue weighted by Crippen LogP contribution is 2.24. The normalized spacial score (nSPS) is 13.1. The first-order chi connectivity index (χ1) is 23.7. The Morgan fingerprint density at radius 1 is 0.667 bits per heavy atom. The minimum absolute atomic E-state index is 0.641. The second kappa shape index (κ2) is 26.3. The SMILES string of the molecule is CCCCCCCCCCCCCCCCCCCCC(/C=C\CC(CCC)CCc1ccc2c(NC)ncnn12)Cc1ccccc1. The van der Waals surface area contributed by atoms with Gasteiger partial charge in [-0.25, -0.2) is 9.50 Å². The summed E-state index contributed by atoms with van der Waals surface area (Å²) in [6, 6.07) is 15.5. The van der Waals surface area contributed by atoms with Gasteiger partial charge in [0.05, 0.1) is 0 Å². The summed E-state index contributed by atoms with van der Waals surface area (Å²) in [5, 5.41) is 7.72. The van der Waals surface area contributed by atoms with E-state index in [0.29, 0.717) is 11.8 Å². The molecule has 2 heterocycles. The van der Waals surface area contributed by atoms with Crippen molar-refractivity contribution in [1.29, 1.82) is 0 Å². The number of hydrogen-bond acceptors (Lipinski definition) is 3. The summed E-state index contributed by atoms with van der Waals surface area (Å²) < 4.78 is 2.06. The third-order valence-electron chi connectivity index (χ3n) is 10.4. The average Bonchev–Trinajstić information content (AvgIpc) is 3.53. The number of unbranched alkanes of at least 4 members (excludes halogenated alkanes) is 17. The Kier molecular flexibility index (Phi) is 21.8. The number of nitrogens with zero attached hydrogens (tertiary/aromatic N) is 3. The van der Waals surface area contributed by atoms with Crippen molar-refractivity contribution in [3.63, 3.8) is 0 Å². The highest BCUT2D eigenvalue weighted by atomic mass is 15.3. The van der Waals surface area contributed by atoms with E-state index in [1.807, 2.05) is 7.05 Å². The lowest BCUT2D eigenvalue weighted by Gasteiger charge is -2.16. The fraction of sp³-hybridized carbons (Fsp3) is 0.682. The molecule has 1 N–H and O–H groups in total. The van der Waals surface area contributed by atoms with E-state index < -0.39 is 0 Å². The van der Waals surface area contributed by atoms with Crippen LogP contribution in [0.15, 0.2) is 60.9 Å². The second-order valence-electron chi connectivity index (χ2n) is 14.6. The lowest BCUT2D eigenvalue weighted by molar-refractivity contribution is 0.444. The third-order valence-corrected chi connectivity index (χ3v) is 10.4. The van der Waals surface area contributed by atoms with E-state index in [1.54, 1.807) is 6.33 Å². The molecule has 3 aromatic rings. The van der Waals surface area contributed by atoms with Gasteiger partial charge >= 0.3 is 0 Å². The van der Waals surface area contributed by atoms with Crippen LogP contribution in [0.25, 0.3) is 5.52 Å². The number of aryl methyl sites for hydroxylation is 1. The van der Waals surface area contributed by atoms with Crippen LogP contribution in [-0.4, -0.2) is 21.6 Å². The molecule has 0 amide bonds. The zero-order chi connectivity index (χ0) is 33.9. The Balaban J connectivity index is 1.30. The zero-order valence-electron chi connectivity index (χ0n) is 31.4. The van der Waals surface area contributed by atoms with E-state index in [2.05, 4.69) is 88.4 Å². The molecule has 1 aromatic carbocycles.